The first-order valence-electron chi connectivity index (χ1n) is 4.48. The molecular weight excluding hydrogens is 344 g/mol. The van der Waals surface area contributed by atoms with Gasteiger partial charge in [-0.3, -0.25) is 4.79 Å². The highest BCUT2D eigenvalue weighted by atomic mass is 79.9. The number of amides is 1. The summed E-state index contributed by atoms with van der Waals surface area (Å²) in [5.74, 6) is 0.0124. The molecule has 0 saturated heterocycles. The summed E-state index contributed by atoms with van der Waals surface area (Å²) in [5, 5.41) is 5.98. The van der Waals surface area contributed by atoms with E-state index >= 15 is 0 Å². The molecule has 1 aromatic rings. The lowest BCUT2D eigenvalue weighted by molar-refractivity contribution is -0.118. The summed E-state index contributed by atoms with van der Waals surface area (Å²) >= 11 is 8.58. The van der Waals surface area contributed by atoms with Gasteiger partial charge in [0.05, 0.1) is 3.79 Å². The summed E-state index contributed by atoms with van der Waals surface area (Å²) in [5.41, 5.74) is 0. The molecule has 0 aromatic carbocycles. The Hall–Kier alpha value is 0.0900. The lowest BCUT2D eigenvalue weighted by atomic mass is 10.4. The van der Waals surface area contributed by atoms with Gasteiger partial charge in [0.15, 0.2) is 0 Å². The maximum atomic E-state index is 10.6. The van der Waals surface area contributed by atoms with Crippen molar-refractivity contribution >= 4 is 49.1 Å². The lowest BCUT2D eigenvalue weighted by Gasteiger charge is -2.03. The van der Waals surface area contributed by atoms with Crippen LogP contribution in [-0.4, -0.2) is 19.0 Å². The first kappa shape index (κ1) is 13.2. The predicted molar refractivity (Wildman–Crippen MR) is 70.1 cm³/mol. The number of hydrogen-bond acceptors (Lipinski definition) is 3. The highest BCUT2D eigenvalue weighted by molar-refractivity contribution is 9.13. The zero-order valence-corrected chi connectivity index (χ0v) is 12.3. The summed E-state index contributed by atoms with van der Waals surface area (Å²) < 4.78 is 2.20. The molecule has 1 aromatic heterocycles. The minimum absolute atomic E-state index is 0.0124. The van der Waals surface area contributed by atoms with Crippen molar-refractivity contribution in [2.24, 2.45) is 0 Å². The van der Waals surface area contributed by atoms with Crippen molar-refractivity contribution in [3.05, 3.63) is 19.2 Å². The lowest BCUT2D eigenvalue weighted by Crippen LogP contribution is -2.29. The highest BCUT2D eigenvalue weighted by Gasteiger charge is 2.02. The van der Waals surface area contributed by atoms with E-state index < -0.39 is 0 Å². The fraction of sp³-hybridized carbons (Fsp3) is 0.444. The van der Waals surface area contributed by atoms with E-state index in [-0.39, 0.29) is 5.91 Å². The molecule has 0 spiro atoms. The van der Waals surface area contributed by atoms with E-state index in [4.69, 9.17) is 0 Å². The van der Waals surface area contributed by atoms with Crippen LogP contribution in [0.25, 0.3) is 0 Å². The van der Waals surface area contributed by atoms with Crippen LogP contribution in [0.1, 0.15) is 11.8 Å². The van der Waals surface area contributed by atoms with Gasteiger partial charge in [-0.25, -0.2) is 0 Å². The number of carbonyl (C=O) groups is 1. The topological polar surface area (TPSA) is 41.1 Å². The van der Waals surface area contributed by atoms with Crippen molar-refractivity contribution < 1.29 is 4.79 Å². The average molecular weight is 356 g/mol. The molecule has 3 nitrogen and oxygen atoms in total. The van der Waals surface area contributed by atoms with Crippen molar-refractivity contribution in [2.75, 3.05) is 13.1 Å². The third kappa shape index (κ3) is 5.10. The Labute approximate surface area is 110 Å². The Kier molecular flexibility index (Phi) is 5.81. The molecule has 0 aliphatic heterocycles. The van der Waals surface area contributed by atoms with Gasteiger partial charge in [0, 0.05) is 35.9 Å². The van der Waals surface area contributed by atoms with Crippen molar-refractivity contribution in [3.63, 3.8) is 0 Å². The maximum absolute atomic E-state index is 10.6. The molecular formula is C9H12Br2N2OS. The quantitative estimate of drug-likeness (QED) is 0.797. The Balaban J connectivity index is 2.18. The number of nitrogens with one attached hydrogen (secondary N) is 2. The molecule has 1 heterocycles. The van der Waals surface area contributed by atoms with Gasteiger partial charge in [-0.2, -0.15) is 0 Å². The van der Waals surface area contributed by atoms with Crippen LogP contribution >= 0.6 is 43.2 Å². The van der Waals surface area contributed by atoms with Crippen molar-refractivity contribution in [3.8, 4) is 0 Å². The summed E-state index contributed by atoms with van der Waals surface area (Å²) in [6.07, 6.45) is 0. The molecule has 1 rings (SSSR count). The van der Waals surface area contributed by atoms with E-state index in [1.807, 2.05) is 0 Å². The van der Waals surface area contributed by atoms with E-state index in [9.17, 15) is 4.79 Å². The molecule has 6 heteroatoms. The van der Waals surface area contributed by atoms with Gasteiger partial charge >= 0.3 is 0 Å². The van der Waals surface area contributed by atoms with Gasteiger partial charge in [-0.1, -0.05) is 0 Å². The number of thiophene rings is 1. The van der Waals surface area contributed by atoms with Gasteiger partial charge in [0.25, 0.3) is 0 Å². The van der Waals surface area contributed by atoms with Crippen LogP contribution in [0.4, 0.5) is 0 Å². The average Bonchev–Trinajstić information content (AvgIpc) is 2.45. The molecule has 0 atom stereocenters. The molecule has 0 radical (unpaired) electrons. The van der Waals surface area contributed by atoms with Gasteiger partial charge in [0.2, 0.25) is 5.91 Å². The predicted octanol–water partition coefficient (Wildman–Crippen LogP) is 2.50. The third-order valence-electron chi connectivity index (χ3n) is 1.67. The molecule has 0 aliphatic carbocycles. The summed E-state index contributed by atoms with van der Waals surface area (Å²) in [6, 6.07) is 2.08. The van der Waals surface area contributed by atoms with Gasteiger partial charge in [-0.05, 0) is 37.9 Å². The molecule has 0 saturated carbocycles. The zero-order chi connectivity index (χ0) is 11.3. The first-order valence-corrected chi connectivity index (χ1v) is 6.88. The normalized spacial score (nSPS) is 10.3. The summed E-state index contributed by atoms with van der Waals surface area (Å²) in [6.45, 7) is 3.80. The number of halogens is 2. The smallest absolute Gasteiger partial charge is 0.216 e. The van der Waals surface area contributed by atoms with E-state index in [2.05, 4.69) is 48.6 Å². The summed E-state index contributed by atoms with van der Waals surface area (Å²) in [7, 11) is 0. The molecule has 0 aliphatic rings. The standard InChI is InChI=1S/C9H12Br2N2OS/c1-6(14)13-3-2-12-5-7-4-8(10)9(11)15-7/h4,12H,2-3,5H2,1H3,(H,13,14). The van der Waals surface area contributed by atoms with Crippen molar-refractivity contribution in [1.82, 2.24) is 10.6 Å². The van der Waals surface area contributed by atoms with Gasteiger partial charge < -0.3 is 10.6 Å². The second-order valence-corrected chi connectivity index (χ2v) is 6.30. The van der Waals surface area contributed by atoms with E-state index in [1.165, 1.54) is 11.8 Å². The van der Waals surface area contributed by atoms with Crippen LogP contribution in [0.2, 0.25) is 0 Å². The number of carbonyl (C=O) groups excluding carboxylic acids is 1. The van der Waals surface area contributed by atoms with Crippen molar-refractivity contribution in [2.45, 2.75) is 13.5 Å². The Morgan fingerprint density at radius 3 is 2.73 bits per heavy atom. The molecule has 0 fully saturated rings. The van der Waals surface area contributed by atoms with E-state index in [0.29, 0.717) is 6.54 Å². The highest BCUT2D eigenvalue weighted by Crippen LogP contribution is 2.32. The van der Waals surface area contributed by atoms with Crippen LogP contribution in [-0.2, 0) is 11.3 Å². The Morgan fingerprint density at radius 2 is 2.20 bits per heavy atom. The molecule has 0 unspecified atom stereocenters. The van der Waals surface area contributed by atoms with E-state index in [1.54, 1.807) is 11.3 Å². The van der Waals surface area contributed by atoms with Crippen LogP contribution in [0.15, 0.2) is 14.3 Å². The maximum Gasteiger partial charge on any atom is 0.216 e. The molecule has 15 heavy (non-hydrogen) atoms. The number of rotatable bonds is 5. The van der Waals surface area contributed by atoms with Crippen LogP contribution < -0.4 is 10.6 Å². The molecule has 1 amide bonds. The van der Waals surface area contributed by atoms with Gasteiger partial charge in [-0.15, -0.1) is 11.3 Å². The zero-order valence-electron chi connectivity index (χ0n) is 8.27. The largest absolute Gasteiger partial charge is 0.355 e. The second-order valence-electron chi connectivity index (χ2n) is 2.99. The minimum atomic E-state index is 0.0124. The second kappa shape index (κ2) is 6.62. The summed E-state index contributed by atoms with van der Waals surface area (Å²) in [4.78, 5) is 11.8. The Bertz CT molecular complexity index is 321. The molecule has 84 valence electrons. The number of hydrogen-bond donors (Lipinski definition) is 2. The molecule has 2 N–H and O–H groups in total. The van der Waals surface area contributed by atoms with Crippen LogP contribution in [0.5, 0.6) is 0 Å². The minimum Gasteiger partial charge on any atom is -0.355 e. The van der Waals surface area contributed by atoms with Crippen molar-refractivity contribution in [1.29, 1.82) is 0 Å². The fourth-order valence-electron chi connectivity index (χ4n) is 1.02. The SMILES string of the molecule is CC(=O)NCCNCc1cc(Br)c(Br)s1. The van der Waals surface area contributed by atoms with E-state index in [0.717, 1.165) is 21.3 Å². The first-order chi connectivity index (χ1) is 7.09. The molecule has 0 bridgehead atoms. The monoisotopic (exact) mass is 354 g/mol. The van der Waals surface area contributed by atoms with Gasteiger partial charge in [0.1, 0.15) is 0 Å². The Morgan fingerprint density at radius 1 is 1.47 bits per heavy atom. The third-order valence-corrected chi connectivity index (χ3v) is 4.93. The fourth-order valence-corrected chi connectivity index (χ4v) is 3.16. The van der Waals surface area contributed by atoms with Crippen LogP contribution in [0.3, 0.4) is 0 Å². The van der Waals surface area contributed by atoms with Crippen LogP contribution in [0, 0.1) is 0 Å².